The highest BCUT2D eigenvalue weighted by Gasteiger charge is 2.63. The highest BCUT2D eigenvalue weighted by molar-refractivity contribution is 7.12. The standard InChI is InChI=1S/C22H30N2O4S/c1-15-6-13-29-18(15)20(25)23-9-4-17(5-10-23)24-21(26)19(28-14-16-2-3-16)22(24)7-11-27-12-8-22/h6,13,16-17,19H,2-5,7-12,14H2,1H3. The molecule has 1 aromatic heterocycles. The molecule has 0 aromatic carbocycles. The van der Waals surface area contributed by atoms with Crippen molar-refractivity contribution in [3.05, 3.63) is 21.9 Å². The summed E-state index contributed by atoms with van der Waals surface area (Å²) in [5.74, 6) is 0.951. The molecule has 6 nitrogen and oxygen atoms in total. The summed E-state index contributed by atoms with van der Waals surface area (Å²) < 4.78 is 11.8. The van der Waals surface area contributed by atoms with E-state index >= 15 is 0 Å². The Kier molecular flexibility index (Phi) is 5.16. The number of ether oxygens (including phenoxy) is 2. The molecule has 1 aliphatic carbocycles. The van der Waals surface area contributed by atoms with Crippen LogP contribution in [0, 0.1) is 12.8 Å². The van der Waals surface area contributed by atoms with E-state index in [9.17, 15) is 9.59 Å². The Morgan fingerprint density at radius 3 is 2.59 bits per heavy atom. The van der Waals surface area contributed by atoms with E-state index in [0.29, 0.717) is 32.2 Å². The van der Waals surface area contributed by atoms with Crippen LogP contribution in [-0.2, 0) is 14.3 Å². The van der Waals surface area contributed by atoms with Gasteiger partial charge < -0.3 is 19.3 Å². The average Bonchev–Trinajstić information content (AvgIpc) is 3.47. The van der Waals surface area contributed by atoms with Gasteiger partial charge in [0.1, 0.15) is 0 Å². The van der Waals surface area contributed by atoms with Crippen molar-refractivity contribution in [2.24, 2.45) is 5.92 Å². The predicted molar refractivity (Wildman–Crippen MR) is 110 cm³/mol. The fourth-order valence-electron chi connectivity index (χ4n) is 5.21. The van der Waals surface area contributed by atoms with Gasteiger partial charge >= 0.3 is 0 Å². The second-order valence-electron chi connectivity index (χ2n) is 9.04. The molecular formula is C22H30N2O4S. The molecule has 1 aromatic rings. The maximum absolute atomic E-state index is 13.1. The number of piperidine rings is 1. The quantitative estimate of drug-likeness (QED) is 0.690. The monoisotopic (exact) mass is 418 g/mol. The van der Waals surface area contributed by atoms with Crippen LogP contribution < -0.4 is 0 Å². The van der Waals surface area contributed by atoms with Crippen molar-refractivity contribution < 1.29 is 19.1 Å². The predicted octanol–water partition coefficient (Wildman–Crippen LogP) is 2.85. The molecule has 1 unspecified atom stereocenters. The molecule has 0 bridgehead atoms. The van der Waals surface area contributed by atoms with E-state index in [4.69, 9.17) is 9.47 Å². The van der Waals surface area contributed by atoms with Gasteiger partial charge in [0.15, 0.2) is 6.10 Å². The summed E-state index contributed by atoms with van der Waals surface area (Å²) in [5, 5.41) is 1.98. The zero-order chi connectivity index (χ0) is 20.0. The number of aryl methyl sites for hydroxylation is 1. The molecule has 0 radical (unpaired) electrons. The fourth-order valence-corrected chi connectivity index (χ4v) is 6.11. The maximum Gasteiger partial charge on any atom is 0.264 e. The average molecular weight is 419 g/mol. The smallest absolute Gasteiger partial charge is 0.264 e. The number of hydrogen-bond acceptors (Lipinski definition) is 5. The molecule has 2 amide bonds. The normalized spacial score (nSPS) is 27.3. The SMILES string of the molecule is Cc1ccsc1C(=O)N1CCC(N2C(=O)C(OCC3CC3)C23CCOCC3)CC1. The second-order valence-corrected chi connectivity index (χ2v) is 9.95. The first-order valence-electron chi connectivity index (χ1n) is 11.0. The van der Waals surface area contributed by atoms with E-state index in [-0.39, 0.29) is 29.5 Å². The van der Waals surface area contributed by atoms with Crippen LogP contribution >= 0.6 is 11.3 Å². The van der Waals surface area contributed by atoms with Crippen LogP contribution in [0.2, 0.25) is 0 Å². The van der Waals surface area contributed by atoms with Crippen LogP contribution in [0.3, 0.4) is 0 Å². The number of rotatable bonds is 5. The minimum atomic E-state index is -0.291. The maximum atomic E-state index is 13.1. The van der Waals surface area contributed by atoms with Crippen molar-refractivity contribution in [1.82, 2.24) is 9.80 Å². The Morgan fingerprint density at radius 1 is 1.24 bits per heavy atom. The van der Waals surface area contributed by atoms with Gasteiger partial charge in [0.05, 0.1) is 17.0 Å². The van der Waals surface area contributed by atoms with Crippen molar-refractivity contribution >= 4 is 23.2 Å². The molecular weight excluding hydrogens is 388 g/mol. The largest absolute Gasteiger partial charge is 0.381 e. The highest BCUT2D eigenvalue weighted by Crippen LogP contribution is 2.46. The minimum Gasteiger partial charge on any atom is -0.381 e. The van der Waals surface area contributed by atoms with Gasteiger partial charge in [-0.15, -0.1) is 11.3 Å². The van der Waals surface area contributed by atoms with E-state index in [1.165, 1.54) is 24.2 Å². The Morgan fingerprint density at radius 2 is 1.97 bits per heavy atom. The number of carbonyl (C=O) groups excluding carboxylic acids is 2. The van der Waals surface area contributed by atoms with E-state index < -0.39 is 0 Å². The fraction of sp³-hybridized carbons (Fsp3) is 0.727. The molecule has 3 saturated heterocycles. The van der Waals surface area contributed by atoms with Gasteiger partial charge in [-0.3, -0.25) is 9.59 Å². The summed E-state index contributed by atoms with van der Waals surface area (Å²) in [5.41, 5.74) is 0.864. The molecule has 158 valence electrons. The zero-order valence-corrected chi connectivity index (χ0v) is 17.9. The van der Waals surface area contributed by atoms with E-state index in [0.717, 1.165) is 42.7 Å². The van der Waals surface area contributed by atoms with Gasteiger partial charge in [-0.05, 0) is 68.4 Å². The van der Waals surface area contributed by atoms with Crippen LogP contribution in [0.4, 0.5) is 0 Å². The summed E-state index contributed by atoms with van der Waals surface area (Å²) in [4.78, 5) is 30.9. The van der Waals surface area contributed by atoms with E-state index in [2.05, 4.69) is 4.90 Å². The van der Waals surface area contributed by atoms with Crippen LogP contribution in [0.15, 0.2) is 11.4 Å². The number of carbonyl (C=O) groups is 2. The summed E-state index contributed by atoms with van der Waals surface area (Å²) >= 11 is 1.52. The Labute approximate surface area is 176 Å². The molecule has 0 N–H and O–H groups in total. The summed E-state index contributed by atoms with van der Waals surface area (Å²) in [7, 11) is 0. The van der Waals surface area contributed by atoms with Crippen LogP contribution in [0.1, 0.15) is 53.8 Å². The lowest BCUT2D eigenvalue weighted by Crippen LogP contribution is -2.79. The van der Waals surface area contributed by atoms with Crippen molar-refractivity contribution in [1.29, 1.82) is 0 Å². The van der Waals surface area contributed by atoms with Crippen molar-refractivity contribution in [2.75, 3.05) is 32.9 Å². The molecule has 29 heavy (non-hydrogen) atoms. The third kappa shape index (κ3) is 3.41. The highest BCUT2D eigenvalue weighted by atomic mass is 32.1. The third-order valence-corrected chi connectivity index (χ3v) is 8.16. The first-order chi connectivity index (χ1) is 14.1. The van der Waals surface area contributed by atoms with Gasteiger partial charge in [-0.25, -0.2) is 0 Å². The van der Waals surface area contributed by atoms with E-state index in [1.807, 2.05) is 23.3 Å². The molecule has 5 rings (SSSR count). The minimum absolute atomic E-state index is 0.136. The molecule has 1 saturated carbocycles. The van der Waals surface area contributed by atoms with Gasteiger partial charge in [-0.2, -0.15) is 0 Å². The number of hydrogen-bond donors (Lipinski definition) is 0. The first-order valence-corrected chi connectivity index (χ1v) is 11.8. The number of thiophene rings is 1. The topological polar surface area (TPSA) is 59.1 Å². The van der Waals surface area contributed by atoms with Crippen LogP contribution in [0.5, 0.6) is 0 Å². The van der Waals surface area contributed by atoms with Gasteiger partial charge in [0, 0.05) is 32.3 Å². The summed E-state index contributed by atoms with van der Waals surface area (Å²) in [6, 6.07) is 2.20. The van der Waals surface area contributed by atoms with Crippen LogP contribution in [0.25, 0.3) is 0 Å². The van der Waals surface area contributed by atoms with Crippen molar-refractivity contribution in [3.8, 4) is 0 Å². The number of nitrogens with zero attached hydrogens (tertiary/aromatic N) is 2. The van der Waals surface area contributed by atoms with Gasteiger partial charge in [0.25, 0.3) is 11.8 Å². The molecule has 3 aliphatic heterocycles. The molecule has 7 heteroatoms. The summed E-state index contributed by atoms with van der Waals surface area (Å²) in [6.07, 6.45) is 5.59. The Balaban J connectivity index is 1.25. The van der Waals surface area contributed by atoms with Crippen LogP contribution in [-0.4, -0.2) is 72.2 Å². The Bertz CT molecular complexity index is 776. The number of likely N-dealkylation sites (tertiary alicyclic amines) is 2. The molecule has 4 heterocycles. The molecule has 1 spiro atoms. The lowest BCUT2D eigenvalue weighted by Gasteiger charge is -2.62. The molecule has 1 atom stereocenters. The van der Waals surface area contributed by atoms with Gasteiger partial charge in [-0.1, -0.05) is 0 Å². The van der Waals surface area contributed by atoms with Crippen molar-refractivity contribution in [2.45, 2.75) is 63.1 Å². The summed E-state index contributed by atoms with van der Waals surface area (Å²) in [6.45, 7) is 5.53. The third-order valence-electron chi connectivity index (χ3n) is 7.16. The molecule has 4 fully saturated rings. The Hall–Kier alpha value is -1.44. The lowest BCUT2D eigenvalue weighted by molar-refractivity contribution is -0.219. The molecule has 4 aliphatic rings. The van der Waals surface area contributed by atoms with Crippen molar-refractivity contribution in [3.63, 3.8) is 0 Å². The number of amides is 2. The number of β-lactam (4-membered cyclic amide) rings is 1. The zero-order valence-electron chi connectivity index (χ0n) is 17.1. The lowest BCUT2D eigenvalue weighted by atomic mass is 9.72. The van der Waals surface area contributed by atoms with E-state index in [1.54, 1.807) is 0 Å². The second kappa shape index (κ2) is 7.67. The first kappa shape index (κ1) is 19.5. The van der Waals surface area contributed by atoms with Gasteiger partial charge in [0.2, 0.25) is 0 Å².